The van der Waals surface area contributed by atoms with Crippen LogP contribution in [0.5, 0.6) is 0 Å². The third-order valence-corrected chi connectivity index (χ3v) is 3.45. The van der Waals surface area contributed by atoms with Gasteiger partial charge in [0.15, 0.2) is 5.82 Å². The van der Waals surface area contributed by atoms with Gasteiger partial charge >= 0.3 is 0 Å². The second-order valence-corrected chi connectivity index (χ2v) is 4.97. The first-order valence-electron chi connectivity index (χ1n) is 7.05. The zero-order valence-corrected chi connectivity index (χ0v) is 11.8. The van der Waals surface area contributed by atoms with Crippen LogP contribution in [0, 0.1) is 0 Å². The first-order chi connectivity index (χ1) is 10.9. The summed E-state index contributed by atoms with van der Waals surface area (Å²) in [6.45, 7) is 0. The van der Waals surface area contributed by atoms with Crippen molar-refractivity contribution in [2.45, 2.75) is 6.42 Å². The van der Waals surface area contributed by atoms with Crippen LogP contribution in [0.2, 0.25) is 0 Å². The van der Waals surface area contributed by atoms with Crippen LogP contribution in [-0.2, 0) is 6.42 Å². The maximum absolute atomic E-state index is 4.60. The van der Waals surface area contributed by atoms with Gasteiger partial charge in [0, 0.05) is 30.6 Å². The van der Waals surface area contributed by atoms with E-state index in [4.69, 9.17) is 0 Å². The summed E-state index contributed by atoms with van der Waals surface area (Å²) >= 11 is 0. The fourth-order valence-electron chi connectivity index (χ4n) is 2.42. The maximum Gasteiger partial charge on any atom is 0.252 e. The lowest BCUT2D eigenvalue weighted by atomic mass is 10.1. The van der Waals surface area contributed by atoms with Crippen LogP contribution in [0.3, 0.4) is 0 Å². The molecule has 3 heterocycles. The Morgan fingerprint density at radius 1 is 0.909 bits per heavy atom. The largest absolute Gasteiger partial charge is 0.264 e. The molecule has 0 aliphatic rings. The zero-order valence-electron chi connectivity index (χ0n) is 11.8. The number of aromatic nitrogens is 5. The van der Waals surface area contributed by atoms with E-state index in [1.807, 2.05) is 42.6 Å². The van der Waals surface area contributed by atoms with Crippen molar-refractivity contribution in [2.24, 2.45) is 0 Å². The molecule has 1 aromatic carbocycles. The monoisotopic (exact) mass is 287 g/mol. The molecule has 5 nitrogen and oxygen atoms in total. The SMILES string of the molecule is c1ccc(Cc2nc3nccc(-c4cccnc4)n3n2)cc1. The van der Waals surface area contributed by atoms with Crippen molar-refractivity contribution in [3.05, 3.63) is 78.5 Å². The van der Waals surface area contributed by atoms with Crippen LogP contribution < -0.4 is 0 Å². The van der Waals surface area contributed by atoms with E-state index in [1.165, 1.54) is 5.56 Å². The van der Waals surface area contributed by atoms with E-state index in [0.717, 1.165) is 17.1 Å². The summed E-state index contributed by atoms with van der Waals surface area (Å²) in [6.07, 6.45) is 6.01. The molecule has 4 aromatic rings. The number of hydrogen-bond acceptors (Lipinski definition) is 4. The molecule has 0 amide bonds. The molecular formula is C17H13N5. The van der Waals surface area contributed by atoms with Crippen LogP contribution in [0.1, 0.15) is 11.4 Å². The van der Waals surface area contributed by atoms with Gasteiger partial charge in [-0.25, -0.2) is 4.98 Å². The molecule has 5 heteroatoms. The van der Waals surface area contributed by atoms with Crippen LogP contribution in [0.15, 0.2) is 67.1 Å². The van der Waals surface area contributed by atoms with Crippen LogP contribution in [-0.4, -0.2) is 24.6 Å². The van der Waals surface area contributed by atoms with Gasteiger partial charge in [0.2, 0.25) is 0 Å². The fraction of sp³-hybridized carbons (Fsp3) is 0.0588. The average molecular weight is 287 g/mol. The summed E-state index contributed by atoms with van der Waals surface area (Å²) < 4.78 is 1.77. The minimum Gasteiger partial charge on any atom is -0.264 e. The summed E-state index contributed by atoms with van der Waals surface area (Å²) in [5.41, 5.74) is 3.11. The lowest BCUT2D eigenvalue weighted by Gasteiger charge is -2.02. The van der Waals surface area contributed by atoms with Crippen molar-refractivity contribution in [1.82, 2.24) is 24.6 Å². The van der Waals surface area contributed by atoms with Crippen LogP contribution >= 0.6 is 0 Å². The Morgan fingerprint density at radius 2 is 1.82 bits per heavy atom. The van der Waals surface area contributed by atoms with Crippen molar-refractivity contribution in [3.8, 4) is 11.3 Å². The number of hydrogen-bond donors (Lipinski definition) is 0. The molecule has 0 radical (unpaired) electrons. The predicted molar refractivity (Wildman–Crippen MR) is 83.3 cm³/mol. The van der Waals surface area contributed by atoms with Crippen LogP contribution in [0.4, 0.5) is 0 Å². The lowest BCUT2D eigenvalue weighted by molar-refractivity contribution is 0.897. The zero-order chi connectivity index (χ0) is 14.8. The smallest absolute Gasteiger partial charge is 0.252 e. The Balaban J connectivity index is 1.78. The van der Waals surface area contributed by atoms with E-state index in [9.17, 15) is 0 Å². The molecule has 0 saturated carbocycles. The summed E-state index contributed by atoms with van der Waals surface area (Å²) in [5.74, 6) is 1.36. The van der Waals surface area contributed by atoms with Gasteiger partial charge < -0.3 is 0 Å². The summed E-state index contributed by atoms with van der Waals surface area (Å²) in [5, 5.41) is 4.60. The number of fused-ring (bicyclic) bond motifs is 1. The minimum absolute atomic E-state index is 0.604. The van der Waals surface area contributed by atoms with Gasteiger partial charge in [-0.3, -0.25) is 4.98 Å². The molecule has 0 aliphatic heterocycles. The van der Waals surface area contributed by atoms with Gasteiger partial charge in [0.25, 0.3) is 5.78 Å². The Morgan fingerprint density at radius 3 is 2.64 bits per heavy atom. The Labute approximate surface area is 127 Å². The molecule has 0 unspecified atom stereocenters. The van der Waals surface area contributed by atoms with Gasteiger partial charge in [-0.05, 0) is 23.8 Å². The van der Waals surface area contributed by atoms with Crippen molar-refractivity contribution >= 4 is 5.78 Å². The Bertz CT molecular complexity index is 900. The van der Waals surface area contributed by atoms with Gasteiger partial charge in [-0.1, -0.05) is 30.3 Å². The second kappa shape index (κ2) is 5.37. The van der Waals surface area contributed by atoms with E-state index in [-0.39, 0.29) is 0 Å². The van der Waals surface area contributed by atoms with Gasteiger partial charge in [0.1, 0.15) is 0 Å². The average Bonchev–Trinajstić information content (AvgIpc) is 2.99. The Hall–Kier alpha value is -3.08. The van der Waals surface area contributed by atoms with Gasteiger partial charge in [-0.2, -0.15) is 9.50 Å². The molecule has 0 fully saturated rings. The standard InChI is InChI=1S/C17H13N5/c1-2-5-13(6-3-1)11-16-20-17-19-10-8-15(22(17)21-16)14-7-4-9-18-12-14/h1-10,12H,11H2. The van der Waals surface area contributed by atoms with Crippen molar-refractivity contribution in [1.29, 1.82) is 0 Å². The van der Waals surface area contributed by atoms with Crippen molar-refractivity contribution in [3.63, 3.8) is 0 Å². The predicted octanol–water partition coefficient (Wildman–Crippen LogP) is 2.78. The normalized spacial score (nSPS) is 10.9. The first kappa shape index (κ1) is 12.6. The lowest BCUT2D eigenvalue weighted by Crippen LogP contribution is -1.96. The fourth-order valence-corrected chi connectivity index (χ4v) is 2.42. The quantitative estimate of drug-likeness (QED) is 0.581. The summed E-state index contributed by atoms with van der Waals surface area (Å²) in [4.78, 5) is 13.0. The van der Waals surface area contributed by atoms with Crippen molar-refractivity contribution in [2.75, 3.05) is 0 Å². The topological polar surface area (TPSA) is 56.0 Å². The van der Waals surface area contributed by atoms with E-state index < -0.39 is 0 Å². The van der Waals surface area contributed by atoms with E-state index in [2.05, 4.69) is 32.2 Å². The third-order valence-electron chi connectivity index (χ3n) is 3.45. The highest BCUT2D eigenvalue weighted by molar-refractivity contribution is 5.59. The van der Waals surface area contributed by atoms with E-state index in [0.29, 0.717) is 12.2 Å². The molecule has 22 heavy (non-hydrogen) atoms. The second-order valence-electron chi connectivity index (χ2n) is 4.97. The number of benzene rings is 1. The van der Waals surface area contributed by atoms with Gasteiger partial charge in [0.05, 0.1) is 5.69 Å². The first-order valence-corrected chi connectivity index (χ1v) is 7.05. The molecule has 0 N–H and O–H groups in total. The molecule has 0 bridgehead atoms. The van der Waals surface area contributed by atoms with Gasteiger partial charge in [-0.15, -0.1) is 5.10 Å². The molecule has 4 rings (SSSR count). The highest BCUT2D eigenvalue weighted by Gasteiger charge is 2.10. The van der Waals surface area contributed by atoms with Crippen molar-refractivity contribution < 1.29 is 0 Å². The molecule has 0 spiro atoms. The molecule has 3 aromatic heterocycles. The molecule has 0 aliphatic carbocycles. The number of pyridine rings is 1. The summed E-state index contributed by atoms with van der Waals surface area (Å²) in [7, 11) is 0. The molecule has 106 valence electrons. The minimum atomic E-state index is 0.604. The summed E-state index contributed by atoms with van der Waals surface area (Å²) in [6, 6.07) is 16.0. The highest BCUT2D eigenvalue weighted by Crippen LogP contribution is 2.18. The number of rotatable bonds is 3. The number of nitrogens with zero attached hydrogens (tertiary/aromatic N) is 5. The molecule has 0 saturated heterocycles. The molecule has 0 atom stereocenters. The van der Waals surface area contributed by atoms with E-state index in [1.54, 1.807) is 16.9 Å². The highest BCUT2D eigenvalue weighted by atomic mass is 15.3. The van der Waals surface area contributed by atoms with Crippen LogP contribution in [0.25, 0.3) is 17.0 Å². The maximum atomic E-state index is 4.60. The Kier molecular flexibility index (Phi) is 3.08. The third kappa shape index (κ3) is 2.33. The molecular weight excluding hydrogens is 274 g/mol. The van der Waals surface area contributed by atoms with E-state index >= 15 is 0 Å².